The summed E-state index contributed by atoms with van der Waals surface area (Å²) in [5.41, 5.74) is -0.171. The van der Waals surface area contributed by atoms with E-state index in [1.54, 1.807) is 18.2 Å². The molecule has 1 aliphatic carbocycles. The van der Waals surface area contributed by atoms with Crippen molar-refractivity contribution in [2.24, 2.45) is 5.41 Å². The SMILES string of the molecule is N#CC1(C(=O)Nc2ccc(Cl)cc2Br)CC1. The number of nitriles is 1. The van der Waals surface area contributed by atoms with Crippen molar-refractivity contribution in [3.8, 4) is 6.07 Å². The molecule has 1 aromatic rings. The van der Waals surface area contributed by atoms with E-state index in [1.165, 1.54) is 0 Å². The fraction of sp³-hybridized carbons (Fsp3) is 0.273. The van der Waals surface area contributed by atoms with Gasteiger partial charge in [-0.2, -0.15) is 5.26 Å². The number of carbonyl (C=O) groups excluding carboxylic acids is 1. The van der Waals surface area contributed by atoms with Crippen LogP contribution in [0.2, 0.25) is 5.02 Å². The van der Waals surface area contributed by atoms with Crippen LogP contribution in [0.1, 0.15) is 12.8 Å². The molecule has 0 saturated heterocycles. The molecule has 0 spiro atoms. The standard InChI is InChI=1S/C11H8BrClN2O/c12-8-5-7(13)1-2-9(8)15-10(16)11(6-14)3-4-11/h1-2,5H,3-4H2,(H,15,16). The predicted molar refractivity (Wildman–Crippen MR) is 65.1 cm³/mol. The van der Waals surface area contributed by atoms with Gasteiger partial charge in [-0.05, 0) is 47.0 Å². The molecule has 82 valence electrons. The number of hydrogen-bond donors (Lipinski definition) is 1. The lowest BCUT2D eigenvalue weighted by molar-refractivity contribution is -0.119. The first-order chi connectivity index (χ1) is 7.57. The van der Waals surface area contributed by atoms with Crippen molar-refractivity contribution >= 4 is 39.1 Å². The van der Waals surface area contributed by atoms with Crippen molar-refractivity contribution < 1.29 is 4.79 Å². The summed E-state index contributed by atoms with van der Waals surface area (Å²) < 4.78 is 0.710. The van der Waals surface area contributed by atoms with Gasteiger partial charge in [0.15, 0.2) is 0 Å². The van der Waals surface area contributed by atoms with Crippen molar-refractivity contribution in [3.63, 3.8) is 0 Å². The summed E-state index contributed by atoms with van der Waals surface area (Å²) in [6.45, 7) is 0. The normalized spacial score (nSPS) is 16.3. The zero-order valence-electron chi connectivity index (χ0n) is 8.26. The van der Waals surface area contributed by atoms with E-state index in [0.29, 0.717) is 28.0 Å². The van der Waals surface area contributed by atoms with Gasteiger partial charge < -0.3 is 5.32 Å². The molecule has 0 aromatic heterocycles. The summed E-state index contributed by atoms with van der Waals surface area (Å²) >= 11 is 9.09. The minimum atomic E-state index is -0.806. The Hall–Kier alpha value is -1.05. The molecule has 1 amide bonds. The highest BCUT2D eigenvalue weighted by atomic mass is 79.9. The van der Waals surface area contributed by atoms with E-state index < -0.39 is 5.41 Å². The van der Waals surface area contributed by atoms with Crippen LogP contribution in [0.4, 0.5) is 5.69 Å². The number of anilines is 1. The molecule has 0 atom stereocenters. The Bertz CT molecular complexity index is 491. The zero-order chi connectivity index (χ0) is 11.8. The van der Waals surface area contributed by atoms with Crippen molar-refractivity contribution in [1.29, 1.82) is 5.26 Å². The van der Waals surface area contributed by atoms with Crippen molar-refractivity contribution in [1.82, 2.24) is 0 Å². The van der Waals surface area contributed by atoms with Crippen LogP contribution >= 0.6 is 27.5 Å². The Morgan fingerprint density at radius 1 is 1.56 bits per heavy atom. The molecular formula is C11H8BrClN2O. The summed E-state index contributed by atoms with van der Waals surface area (Å²) in [5, 5.41) is 12.2. The topological polar surface area (TPSA) is 52.9 Å². The quantitative estimate of drug-likeness (QED) is 0.910. The second-order valence-corrected chi connectivity index (χ2v) is 5.06. The third-order valence-electron chi connectivity index (χ3n) is 2.58. The maximum atomic E-state index is 11.8. The average molecular weight is 300 g/mol. The number of halogens is 2. The average Bonchev–Trinajstić information content (AvgIpc) is 3.03. The molecule has 1 fully saturated rings. The molecule has 16 heavy (non-hydrogen) atoms. The molecule has 1 saturated carbocycles. The fourth-order valence-corrected chi connectivity index (χ4v) is 2.13. The Morgan fingerprint density at radius 2 is 2.25 bits per heavy atom. The van der Waals surface area contributed by atoms with Gasteiger partial charge >= 0.3 is 0 Å². The minimum absolute atomic E-state index is 0.238. The van der Waals surface area contributed by atoms with Gasteiger partial charge in [-0.25, -0.2) is 0 Å². The lowest BCUT2D eigenvalue weighted by atomic mass is 10.1. The highest BCUT2D eigenvalue weighted by molar-refractivity contribution is 9.10. The van der Waals surface area contributed by atoms with Gasteiger partial charge in [-0.1, -0.05) is 11.6 Å². The molecule has 0 aliphatic heterocycles. The van der Waals surface area contributed by atoms with E-state index in [2.05, 4.69) is 21.2 Å². The van der Waals surface area contributed by atoms with Crippen molar-refractivity contribution in [2.45, 2.75) is 12.8 Å². The van der Waals surface area contributed by atoms with Gasteiger partial charge in [0.2, 0.25) is 5.91 Å². The molecule has 0 unspecified atom stereocenters. The maximum absolute atomic E-state index is 11.8. The highest BCUT2D eigenvalue weighted by Gasteiger charge is 2.50. The van der Waals surface area contributed by atoms with Gasteiger partial charge in [-0.3, -0.25) is 4.79 Å². The molecular weight excluding hydrogens is 291 g/mol. The van der Waals surface area contributed by atoms with Gasteiger partial charge in [0, 0.05) is 9.50 Å². The molecule has 1 N–H and O–H groups in total. The van der Waals surface area contributed by atoms with Crippen LogP contribution in [-0.4, -0.2) is 5.91 Å². The Labute approximate surface area is 107 Å². The third kappa shape index (κ3) is 2.06. The van der Waals surface area contributed by atoms with Crippen LogP contribution < -0.4 is 5.32 Å². The highest BCUT2D eigenvalue weighted by Crippen LogP contribution is 2.46. The maximum Gasteiger partial charge on any atom is 0.244 e. The third-order valence-corrected chi connectivity index (χ3v) is 3.47. The smallest absolute Gasteiger partial charge is 0.244 e. The monoisotopic (exact) mass is 298 g/mol. The predicted octanol–water partition coefficient (Wildman–Crippen LogP) is 3.34. The van der Waals surface area contributed by atoms with Gasteiger partial charge in [0.25, 0.3) is 0 Å². The summed E-state index contributed by atoms with van der Waals surface area (Å²) in [6.07, 6.45) is 1.28. The number of nitrogens with one attached hydrogen (secondary N) is 1. The van der Waals surface area contributed by atoms with Crippen LogP contribution in [0.5, 0.6) is 0 Å². The molecule has 3 nitrogen and oxygen atoms in total. The van der Waals surface area contributed by atoms with E-state index in [9.17, 15) is 4.79 Å². The largest absolute Gasteiger partial charge is 0.324 e. The summed E-state index contributed by atoms with van der Waals surface area (Å²) in [6, 6.07) is 7.14. The molecule has 0 radical (unpaired) electrons. The number of nitrogens with zero attached hydrogens (tertiary/aromatic N) is 1. The number of amides is 1. The molecule has 0 bridgehead atoms. The van der Waals surface area contributed by atoms with Gasteiger partial charge in [0.05, 0.1) is 11.8 Å². The Balaban J connectivity index is 2.16. The Morgan fingerprint density at radius 3 is 2.75 bits per heavy atom. The number of hydrogen-bond acceptors (Lipinski definition) is 2. The number of rotatable bonds is 2. The number of benzene rings is 1. The summed E-state index contributed by atoms with van der Waals surface area (Å²) in [7, 11) is 0. The van der Waals surface area contributed by atoms with Gasteiger partial charge in [-0.15, -0.1) is 0 Å². The second kappa shape index (κ2) is 4.08. The number of carbonyl (C=O) groups is 1. The molecule has 2 rings (SSSR count). The van der Waals surface area contributed by atoms with Crippen LogP contribution in [-0.2, 0) is 4.79 Å². The van der Waals surface area contributed by atoms with Gasteiger partial charge in [0.1, 0.15) is 5.41 Å². The van der Waals surface area contributed by atoms with Crippen molar-refractivity contribution in [3.05, 3.63) is 27.7 Å². The van der Waals surface area contributed by atoms with Crippen molar-refractivity contribution in [2.75, 3.05) is 5.32 Å². The van der Waals surface area contributed by atoms with Crippen LogP contribution in [0, 0.1) is 16.7 Å². The van der Waals surface area contributed by atoms with E-state index in [-0.39, 0.29) is 5.91 Å². The lowest BCUT2D eigenvalue weighted by Crippen LogP contribution is -2.22. The first-order valence-electron chi connectivity index (χ1n) is 4.75. The fourth-order valence-electron chi connectivity index (χ4n) is 1.35. The first-order valence-corrected chi connectivity index (χ1v) is 5.92. The van der Waals surface area contributed by atoms with E-state index in [1.807, 2.05) is 6.07 Å². The zero-order valence-corrected chi connectivity index (χ0v) is 10.6. The van der Waals surface area contributed by atoms with Crippen LogP contribution in [0.25, 0.3) is 0 Å². The second-order valence-electron chi connectivity index (χ2n) is 3.77. The van der Waals surface area contributed by atoms with E-state index in [4.69, 9.17) is 16.9 Å². The molecule has 1 aromatic carbocycles. The van der Waals surface area contributed by atoms with E-state index in [0.717, 1.165) is 0 Å². The lowest BCUT2D eigenvalue weighted by Gasteiger charge is -2.09. The molecule has 1 aliphatic rings. The van der Waals surface area contributed by atoms with Crippen LogP contribution in [0.15, 0.2) is 22.7 Å². The minimum Gasteiger partial charge on any atom is -0.324 e. The molecule has 5 heteroatoms. The summed E-state index contributed by atoms with van der Waals surface area (Å²) in [5.74, 6) is -0.238. The molecule has 0 heterocycles. The first kappa shape index (κ1) is 11.4. The van der Waals surface area contributed by atoms with E-state index >= 15 is 0 Å². The van der Waals surface area contributed by atoms with Crippen LogP contribution in [0.3, 0.4) is 0 Å². The summed E-state index contributed by atoms with van der Waals surface area (Å²) in [4.78, 5) is 11.8. The Kier molecular flexibility index (Phi) is 2.92.